The van der Waals surface area contributed by atoms with Crippen molar-refractivity contribution in [3.63, 3.8) is 0 Å². The van der Waals surface area contributed by atoms with Crippen LogP contribution >= 0.6 is 11.6 Å². The summed E-state index contributed by atoms with van der Waals surface area (Å²) in [5, 5.41) is 22.6. The molecule has 0 fully saturated rings. The van der Waals surface area contributed by atoms with Crippen molar-refractivity contribution in [3.8, 4) is 11.4 Å². The molecule has 0 saturated carbocycles. The van der Waals surface area contributed by atoms with Gasteiger partial charge >= 0.3 is 0 Å². The molecule has 0 aliphatic carbocycles. The van der Waals surface area contributed by atoms with Crippen LogP contribution in [0.3, 0.4) is 0 Å². The molecule has 2 N–H and O–H groups in total. The van der Waals surface area contributed by atoms with E-state index in [1.807, 2.05) is 0 Å². The van der Waals surface area contributed by atoms with E-state index in [-0.39, 0.29) is 11.4 Å². The van der Waals surface area contributed by atoms with Gasteiger partial charge in [0.15, 0.2) is 0 Å². The minimum atomic E-state index is -0.498. The number of aliphatic hydroxyl groups is 1. The number of hydrogen-bond donors (Lipinski definition) is 2. The molecule has 0 spiro atoms. The quantitative estimate of drug-likeness (QED) is 0.839. The molecule has 5 nitrogen and oxygen atoms in total. The monoisotopic (exact) mass is 252 g/mol. The predicted molar refractivity (Wildman–Crippen MR) is 62.4 cm³/mol. The fourth-order valence-corrected chi connectivity index (χ4v) is 1.57. The molecule has 2 rings (SSSR count). The number of aromatic hydroxyl groups is 1. The summed E-state index contributed by atoms with van der Waals surface area (Å²) in [6.45, 7) is -0.452. The van der Waals surface area contributed by atoms with Crippen LogP contribution in [0.2, 0.25) is 5.02 Å². The summed E-state index contributed by atoms with van der Waals surface area (Å²) in [5.74, 6) is -0.323. The van der Waals surface area contributed by atoms with Crippen molar-refractivity contribution in [2.45, 2.75) is 6.61 Å². The summed E-state index contributed by atoms with van der Waals surface area (Å²) in [5.41, 5.74) is 0.00346. The first kappa shape index (κ1) is 11.6. The van der Waals surface area contributed by atoms with Crippen molar-refractivity contribution in [1.29, 1.82) is 0 Å². The molecule has 0 radical (unpaired) electrons. The second-order valence-corrected chi connectivity index (χ2v) is 3.80. The Balaban J connectivity index is 2.63. The summed E-state index contributed by atoms with van der Waals surface area (Å²) in [6.07, 6.45) is 0. The normalized spacial score (nSPS) is 10.5. The molecule has 17 heavy (non-hydrogen) atoms. The van der Waals surface area contributed by atoms with Crippen molar-refractivity contribution in [1.82, 2.24) is 9.78 Å². The number of aromatic nitrogens is 2. The van der Waals surface area contributed by atoms with Crippen LogP contribution < -0.4 is 5.56 Å². The van der Waals surface area contributed by atoms with E-state index in [0.29, 0.717) is 10.7 Å². The maximum absolute atomic E-state index is 11.6. The Bertz CT molecular complexity index is 610. The lowest BCUT2D eigenvalue weighted by Crippen LogP contribution is -2.21. The zero-order chi connectivity index (χ0) is 12.4. The van der Waals surface area contributed by atoms with E-state index in [2.05, 4.69) is 5.10 Å². The van der Waals surface area contributed by atoms with Gasteiger partial charge in [0, 0.05) is 11.1 Å². The summed E-state index contributed by atoms with van der Waals surface area (Å²) in [4.78, 5) is 11.6. The molecule has 0 unspecified atom stereocenters. The van der Waals surface area contributed by atoms with Crippen LogP contribution in [0, 0.1) is 0 Å². The lowest BCUT2D eigenvalue weighted by molar-refractivity contribution is 0.266. The van der Waals surface area contributed by atoms with Crippen LogP contribution in [-0.2, 0) is 6.61 Å². The van der Waals surface area contributed by atoms with Gasteiger partial charge in [0.2, 0.25) is 0 Å². The Labute approximate surface area is 102 Å². The van der Waals surface area contributed by atoms with Crippen molar-refractivity contribution < 1.29 is 10.2 Å². The van der Waals surface area contributed by atoms with E-state index in [4.69, 9.17) is 16.7 Å². The highest BCUT2D eigenvalue weighted by molar-refractivity contribution is 6.30. The predicted octanol–water partition coefficient (Wildman–Crippen LogP) is 1.08. The van der Waals surface area contributed by atoms with Gasteiger partial charge in [-0.1, -0.05) is 17.7 Å². The highest BCUT2D eigenvalue weighted by Gasteiger charge is 2.08. The summed E-state index contributed by atoms with van der Waals surface area (Å²) in [7, 11) is 0. The maximum Gasteiger partial charge on any atom is 0.275 e. The van der Waals surface area contributed by atoms with Gasteiger partial charge in [0.05, 0.1) is 12.3 Å². The highest BCUT2D eigenvalue weighted by atomic mass is 35.5. The Morgan fingerprint density at radius 2 is 2.12 bits per heavy atom. The van der Waals surface area contributed by atoms with E-state index in [9.17, 15) is 9.90 Å². The van der Waals surface area contributed by atoms with Crippen LogP contribution in [0.5, 0.6) is 5.75 Å². The van der Waals surface area contributed by atoms with Gasteiger partial charge < -0.3 is 10.2 Å². The van der Waals surface area contributed by atoms with Crippen LogP contribution in [0.4, 0.5) is 0 Å². The average molecular weight is 253 g/mol. The van der Waals surface area contributed by atoms with Gasteiger partial charge in [-0.05, 0) is 18.2 Å². The summed E-state index contributed by atoms with van der Waals surface area (Å²) in [6, 6.07) is 7.56. The van der Waals surface area contributed by atoms with E-state index in [1.165, 1.54) is 0 Å². The zero-order valence-electron chi connectivity index (χ0n) is 8.67. The van der Waals surface area contributed by atoms with Crippen LogP contribution in [0.25, 0.3) is 5.69 Å². The molecule has 0 aliphatic rings. The van der Waals surface area contributed by atoms with Gasteiger partial charge in [-0.3, -0.25) is 4.79 Å². The molecule has 88 valence electrons. The molecule has 0 atom stereocenters. The molecular weight excluding hydrogens is 244 g/mol. The van der Waals surface area contributed by atoms with E-state index in [0.717, 1.165) is 10.7 Å². The Hall–Kier alpha value is -1.85. The number of aliphatic hydroxyl groups excluding tert-OH is 1. The molecule has 6 heteroatoms. The third kappa shape index (κ3) is 2.30. The van der Waals surface area contributed by atoms with E-state index < -0.39 is 12.2 Å². The van der Waals surface area contributed by atoms with Gasteiger partial charge in [-0.15, -0.1) is 0 Å². The summed E-state index contributed by atoms with van der Waals surface area (Å²) >= 11 is 5.81. The van der Waals surface area contributed by atoms with Crippen molar-refractivity contribution in [2.24, 2.45) is 0 Å². The minimum absolute atomic E-state index is 0.0320. The fraction of sp³-hybridized carbons (Fsp3) is 0.0909. The number of nitrogens with zero attached hydrogens (tertiary/aromatic N) is 2. The Morgan fingerprint density at radius 1 is 1.35 bits per heavy atom. The van der Waals surface area contributed by atoms with Crippen LogP contribution in [0.15, 0.2) is 35.1 Å². The second kappa shape index (κ2) is 4.57. The topological polar surface area (TPSA) is 75.3 Å². The molecule has 0 bridgehead atoms. The summed E-state index contributed by atoms with van der Waals surface area (Å²) < 4.78 is 1.07. The zero-order valence-corrected chi connectivity index (χ0v) is 9.42. The number of halogens is 1. The van der Waals surface area contributed by atoms with Crippen molar-refractivity contribution in [3.05, 3.63) is 51.4 Å². The second-order valence-electron chi connectivity index (χ2n) is 3.36. The average Bonchev–Trinajstić information content (AvgIpc) is 2.29. The van der Waals surface area contributed by atoms with Crippen molar-refractivity contribution in [2.75, 3.05) is 0 Å². The molecule has 0 saturated heterocycles. The minimum Gasteiger partial charge on any atom is -0.506 e. The SMILES string of the molecule is O=c1cc(O)c(CO)nn1-c1cccc(Cl)c1. The van der Waals surface area contributed by atoms with Gasteiger partial charge in [0.1, 0.15) is 11.4 Å². The number of rotatable bonds is 2. The fourth-order valence-electron chi connectivity index (χ4n) is 1.39. The standard InChI is InChI=1S/C11H9ClN2O3/c12-7-2-1-3-8(4-7)14-11(17)5-10(16)9(6-15)13-14/h1-5,15-16H,6H2. The molecule has 2 aromatic rings. The lowest BCUT2D eigenvalue weighted by atomic mass is 10.3. The van der Waals surface area contributed by atoms with Gasteiger partial charge in [-0.2, -0.15) is 9.78 Å². The van der Waals surface area contributed by atoms with Crippen molar-refractivity contribution >= 4 is 11.6 Å². The smallest absolute Gasteiger partial charge is 0.275 e. The van der Waals surface area contributed by atoms with E-state index >= 15 is 0 Å². The number of benzene rings is 1. The lowest BCUT2D eigenvalue weighted by Gasteiger charge is -2.07. The molecule has 0 amide bonds. The Morgan fingerprint density at radius 3 is 2.76 bits per heavy atom. The number of hydrogen-bond acceptors (Lipinski definition) is 4. The first-order valence-electron chi connectivity index (χ1n) is 4.81. The van der Waals surface area contributed by atoms with E-state index in [1.54, 1.807) is 24.3 Å². The van der Waals surface area contributed by atoms with Gasteiger partial charge in [0.25, 0.3) is 5.56 Å². The van der Waals surface area contributed by atoms with Crippen LogP contribution in [-0.4, -0.2) is 20.0 Å². The molecule has 1 heterocycles. The molecule has 1 aromatic carbocycles. The first-order valence-corrected chi connectivity index (χ1v) is 5.18. The molecular formula is C11H9ClN2O3. The maximum atomic E-state index is 11.6. The largest absolute Gasteiger partial charge is 0.506 e. The molecule has 0 aliphatic heterocycles. The Kier molecular flexibility index (Phi) is 3.12. The molecule has 1 aromatic heterocycles. The van der Waals surface area contributed by atoms with Gasteiger partial charge in [-0.25, -0.2) is 0 Å². The first-order chi connectivity index (χ1) is 8.11. The third-order valence-corrected chi connectivity index (χ3v) is 2.42. The van der Waals surface area contributed by atoms with Crippen LogP contribution in [0.1, 0.15) is 5.69 Å². The third-order valence-electron chi connectivity index (χ3n) is 2.19. The highest BCUT2D eigenvalue weighted by Crippen LogP contribution is 2.15.